The topological polar surface area (TPSA) is 46.9 Å². The van der Waals surface area contributed by atoms with Crippen LogP contribution in [-0.2, 0) is 6.42 Å². The van der Waals surface area contributed by atoms with Gasteiger partial charge in [-0.2, -0.15) is 0 Å². The van der Waals surface area contributed by atoms with Crippen LogP contribution in [-0.4, -0.2) is 22.0 Å². The molecule has 2 aromatic carbocycles. The van der Waals surface area contributed by atoms with Gasteiger partial charge in [0.15, 0.2) is 0 Å². The van der Waals surface area contributed by atoms with E-state index in [0.717, 1.165) is 23.2 Å². The third-order valence-corrected chi connectivity index (χ3v) is 4.67. The highest BCUT2D eigenvalue weighted by molar-refractivity contribution is 5.93. The SMILES string of the molecule is C=C(C)CNC(=O)c1cncn1-c1ccc(-c2ccc(CCCC)cc2)cc1. The number of aryl methyl sites for hydroxylation is 1. The third kappa shape index (κ3) is 4.77. The van der Waals surface area contributed by atoms with Gasteiger partial charge in [0.05, 0.1) is 12.5 Å². The van der Waals surface area contributed by atoms with Gasteiger partial charge in [-0.25, -0.2) is 4.98 Å². The summed E-state index contributed by atoms with van der Waals surface area (Å²) in [6, 6.07) is 16.9. The zero-order valence-electron chi connectivity index (χ0n) is 16.6. The highest BCUT2D eigenvalue weighted by Crippen LogP contribution is 2.22. The molecule has 0 atom stereocenters. The van der Waals surface area contributed by atoms with Crippen molar-refractivity contribution in [1.82, 2.24) is 14.9 Å². The lowest BCUT2D eigenvalue weighted by molar-refractivity contribution is 0.0950. The van der Waals surface area contributed by atoms with Gasteiger partial charge in [-0.05, 0) is 48.6 Å². The fourth-order valence-electron chi connectivity index (χ4n) is 3.05. The zero-order chi connectivity index (χ0) is 19.9. The van der Waals surface area contributed by atoms with Gasteiger partial charge in [-0.15, -0.1) is 0 Å². The molecule has 0 saturated carbocycles. The number of unbranched alkanes of at least 4 members (excludes halogenated alkanes) is 1. The first-order chi connectivity index (χ1) is 13.6. The molecule has 3 aromatic rings. The van der Waals surface area contributed by atoms with Crippen LogP contribution in [0.2, 0.25) is 0 Å². The van der Waals surface area contributed by atoms with Crippen molar-refractivity contribution >= 4 is 5.91 Å². The van der Waals surface area contributed by atoms with Crippen LogP contribution >= 0.6 is 0 Å². The average molecular weight is 374 g/mol. The first-order valence-electron chi connectivity index (χ1n) is 9.73. The second-order valence-corrected chi connectivity index (χ2v) is 7.14. The Kier molecular flexibility index (Phi) is 6.43. The van der Waals surface area contributed by atoms with Crippen LogP contribution in [0.3, 0.4) is 0 Å². The molecule has 4 heteroatoms. The van der Waals surface area contributed by atoms with Crippen LogP contribution in [0.5, 0.6) is 0 Å². The van der Waals surface area contributed by atoms with E-state index in [1.54, 1.807) is 17.1 Å². The summed E-state index contributed by atoms with van der Waals surface area (Å²) in [5.74, 6) is -0.160. The highest BCUT2D eigenvalue weighted by Gasteiger charge is 2.12. The Balaban J connectivity index is 1.75. The van der Waals surface area contributed by atoms with Crippen LogP contribution in [0, 0.1) is 0 Å². The van der Waals surface area contributed by atoms with Gasteiger partial charge in [0.25, 0.3) is 5.91 Å². The Morgan fingerprint density at radius 1 is 1.07 bits per heavy atom. The molecule has 0 aliphatic heterocycles. The lowest BCUT2D eigenvalue weighted by Crippen LogP contribution is -2.26. The first kappa shape index (κ1) is 19.6. The van der Waals surface area contributed by atoms with E-state index in [1.165, 1.54) is 24.0 Å². The minimum Gasteiger partial charge on any atom is -0.347 e. The van der Waals surface area contributed by atoms with Crippen molar-refractivity contribution in [1.29, 1.82) is 0 Å². The van der Waals surface area contributed by atoms with Gasteiger partial charge in [0.1, 0.15) is 5.69 Å². The molecule has 0 saturated heterocycles. The Bertz CT molecular complexity index is 937. The summed E-state index contributed by atoms with van der Waals surface area (Å²) >= 11 is 0. The number of nitrogens with one attached hydrogen (secondary N) is 1. The molecule has 4 nitrogen and oxygen atoms in total. The van der Waals surface area contributed by atoms with E-state index < -0.39 is 0 Å². The van der Waals surface area contributed by atoms with E-state index in [9.17, 15) is 4.79 Å². The number of hydrogen-bond acceptors (Lipinski definition) is 2. The van der Waals surface area contributed by atoms with Crippen LogP contribution in [0.1, 0.15) is 42.7 Å². The fourth-order valence-corrected chi connectivity index (χ4v) is 3.05. The maximum atomic E-state index is 12.4. The predicted molar refractivity (Wildman–Crippen MR) is 115 cm³/mol. The molecule has 0 fully saturated rings. The Hall–Kier alpha value is -3.14. The van der Waals surface area contributed by atoms with Crippen molar-refractivity contribution in [2.45, 2.75) is 33.1 Å². The van der Waals surface area contributed by atoms with Crippen LogP contribution in [0.25, 0.3) is 16.8 Å². The van der Waals surface area contributed by atoms with Gasteiger partial charge < -0.3 is 5.32 Å². The molecule has 0 radical (unpaired) electrons. The minimum atomic E-state index is -0.160. The summed E-state index contributed by atoms with van der Waals surface area (Å²) in [4.78, 5) is 16.5. The minimum absolute atomic E-state index is 0.160. The maximum absolute atomic E-state index is 12.4. The molecule has 28 heavy (non-hydrogen) atoms. The first-order valence-corrected chi connectivity index (χ1v) is 9.73. The Morgan fingerprint density at radius 3 is 2.32 bits per heavy atom. The van der Waals surface area contributed by atoms with E-state index in [2.05, 4.69) is 60.2 Å². The molecule has 0 aliphatic carbocycles. The molecule has 1 amide bonds. The third-order valence-electron chi connectivity index (χ3n) is 4.67. The van der Waals surface area contributed by atoms with Gasteiger partial charge in [-0.1, -0.05) is 61.9 Å². The van der Waals surface area contributed by atoms with Crippen molar-refractivity contribution < 1.29 is 4.79 Å². The van der Waals surface area contributed by atoms with Gasteiger partial charge in [0.2, 0.25) is 0 Å². The quantitative estimate of drug-likeness (QED) is 0.553. The summed E-state index contributed by atoms with van der Waals surface area (Å²) in [5, 5.41) is 2.85. The second-order valence-electron chi connectivity index (χ2n) is 7.14. The molecule has 0 spiro atoms. The molecule has 0 unspecified atom stereocenters. The lowest BCUT2D eigenvalue weighted by atomic mass is 10.0. The van der Waals surface area contributed by atoms with Gasteiger partial charge in [0, 0.05) is 12.2 Å². The number of benzene rings is 2. The normalized spacial score (nSPS) is 10.6. The van der Waals surface area contributed by atoms with Gasteiger partial charge >= 0.3 is 0 Å². The molecular formula is C24H27N3O. The van der Waals surface area contributed by atoms with Crippen molar-refractivity contribution in [3.63, 3.8) is 0 Å². The van der Waals surface area contributed by atoms with Crippen LogP contribution < -0.4 is 5.32 Å². The summed E-state index contributed by atoms with van der Waals surface area (Å²) in [5.41, 5.74) is 6.04. The van der Waals surface area contributed by atoms with Crippen molar-refractivity contribution in [2.24, 2.45) is 0 Å². The number of hydrogen-bond donors (Lipinski definition) is 1. The summed E-state index contributed by atoms with van der Waals surface area (Å²) in [7, 11) is 0. The van der Waals surface area contributed by atoms with E-state index in [0.29, 0.717) is 12.2 Å². The van der Waals surface area contributed by atoms with Crippen molar-refractivity contribution in [3.05, 3.63) is 84.5 Å². The molecule has 1 N–H and O–H groups in total. The average Bonchev–Trinajstić information content (AvgIpc) is 3.21. The summed E-state index contributed by atoms with van der Waals surface area (Å²) < 4.78 is 1.80. The van der Waals surface area contributed by atoms with Crippen LogP contribution in [0.15, 0.2) is 73.2 Å². The predicted octanol–water partition coefficient (Wildman–Crippen LogP) is 5.19. The number of amides is 1. The smallest absolute Gasteiger partial charge is 0.270 e. The highest BCUT2D eigenvalue weighted by atomic mass is 16.1. The van der Waals surface area contributed by atoms with E-state index >= 15 is 0 Å². The maximum Gasteiger partial charge on any atom is 0.270 e. The Labute approximate surface area is 166 Å². The van der Waals surface area contributed by atoms with E-state index in [4.69, 9.17) is 0 Å². The molecule has 1 aromatic heterocycles. The lowest BCUT2D eigenvalue weighted by Gasteiger charge is -2.10. The standard InChI is InChI=1S/C24H27N3O/c1-4-5-6-19-7-9-20(10-8-19)21-11-13-22(14-12-21)27-17-25-16-23(27)24(28)26-15-18(2)3/h7-14,16-17H,2,4-6,15H2,1,3H3,(H,26,28). The monoisotopic (exact) mass is 373 g/mol. The fraction of sp³-hybridized carbons (Fsp3) is 0.250. The zero-order valence-corrected chi connectivity index (χ0v) is 16.6. The number of aromatic nitrogens is 2. The Morgan fingerprint density at radius 2 is 1.71 bits per heavy atom. The van der Waals surface area contributed by atoms with Crippen molar-refractivity contribution in [3.8, 4) is 16.8 Å². The summed E-state index contributed by atoms with van der Waals surface area (Å²) in [6.07, 6.45) is 6.81. The molecule has 0 bridgehead atoms. The second kappa shape index (κ2) is 9.18. The molecule has 1 heterocycles. The molecule has 3 rings (SSSR count). The number of rotatable bonds is 8. The van der Waals surface area contributed by atoms with Crippen molar-refractivity contribution in [2.75, 3.05) is 6.54 Å². The molecule has 0 aliphatic rings. The number of imidazole rings is 1. The van der Waals surface area contributed by atoms with E-state index in [1.807, 2.05) is 19.1 Å². The molecule has 144 valence electrons. The van der Waals surface area contributed by atoms with E-state index in [-0.39, 0.29) is 5.91 Å². The summed E-state index contributed by atoms with van der Waals surface area (Å²) in [6.45, 7) is 8.36. The van der Waals surface area contributed by atoms with Gasteiger partial charge in [-0.3, -0.25) is 9.36 Å². The number of carbonyl (C=O) groups is 1. The number of nitrogens with zero attached hydrogens (tertiary/aromatic N) is 2. The molecular weight excluding hydrogens is 346 g/mol. The largest absolute Gasteiger partial charge is 0.347 e. The number of carbonyl (C=O) groups excluding carboxylic acids is 1. The van der Waals surface area contributed by atoms with Crippen LogP contribution in [0.4, 0.5) is 0 Å².